The number of hydrogen-bond donors (Lipinski definition) is 1. The highest BCUT2D eigenvalue weighted by atomic mass is 16.4. The Labute approximate surface area is 103 Å². The molecule has 0 saturated carbocycles. The van der Waals surface area contributed by atoms with Crippen molar-refractivity contribution < 1.29 is 9.90 Å². The number of benzene rings is 1. The lowest BCUT2D eigenvalue weighted by Gasteiger charge is -2.28. The van der Waals surface area contributed by atoms with Gasteiger partial charge in [0, 0.05) is 6.04 Å². The van der Waals surface area contributed by atoms with Crippen molar-refractivity contribution >= 4 is 5.97 Å². The van der Waals surface area contributed by atoms with Crippen molar-refractivity contribution in [1.82, 2.24) is 4.90 Å². The zero-order valence-corrected chi connectivity index (χ0v) is 10.8. The third-order valence-electron chi connectivity index (χ3n) is 3.04. The van der Waals surface area contributed by atoms with Gasteiger partial charge in [0.2, 0.25) is 0 Å². The molecule has 1 rings (SSSR count). The van der Waals surface area contributed by atoms with Crippen molar-refractivity contribution in [2.75, 3.05) is 13.1 Å². The van der Waals surface area contributed by atoms with E-state index in [1.165, 1.54) is 11.1 Å². The molecule has 1 atom stereocenters. The first kappa shape index (κ1) is 13.7. The number of carboxylic acids is 1. The molecule has 17 heavy (non-hydrogen) atoms. The van der Waals surface area contributed by atoms with E-state index in [0.29, 0.717) is 0 Å². The fourth-order valence-corrected chi connectivity index (χ4v) is 2.12. The summed E-state index contributed by atoms with van der Waals surface area (Å²) in [5.41, 5.74) is 2.42. The molecule has 0 spiro atoms. The normalized spacial score (nSPS) is 12.7. The van der Waals surface area contributed by atoms with Crippen LogP contribution in [-0.4, -0.2) is 29.1 Å². The summed E-state index contributed by atoms with van der Waals surface area (Å²) >= 11 is 0. The molecule has 0 aliphatic carbocycles. The first-order valence-electron chi connectivity index (χ1n) is 6.07. The Morgan fingerprint density at radius 3 is 2.59 bits per heavy atom. The summed E-state index contributed by atoms with van der Waals surface area (Å²) in [6.07, 6.45) is 0.962. The van der Waals surface area contributed by atoms with E-state index in [1.807, 2.05) is 17.0 Å². The van der Waals surface area contributed by atoms with Crippen LogP contribution >= 0.6 is 0 Å². The van der Waals surface area contributed by atoms with Gasteiger partial charge < -0.3 is 5.11 Å². The molecule has 0 aliphatic rings. The standard InChI is InChI=1S/C14H21NO2/c1-4-9-15(10-14(16)17)12(3)13-8-6-5-7-11(13)2/h5-8,12H,4,9-10H2,1-3H3,(H,16,17). The largest absolute Gasteiger partial charge is 0.480 e. The Bertz CT molecular complexity index is 376. The second-order valence-corrected chi connectivity index (χ2v) is 4.40. The van der Waals surface area contributed by atoms with Gasteiger partial charge in [0.1, 0.15) is 0 Å². The van der Waals surface area contributed by atoms with Crippen molar-refractivity contribution in [3.05, 3.63) is 35.4 Å². The predicted molar refractivity (Wildman–Crippen MR) is 69.1 cm³/mol. The maximum absolute atomic E-state index is 10.9. The third kappa shape index (κ3) is 3.86. The molecular formula is C14H21NO2. The first-order chi connectivity index (χ1) is 8.06. The predicted octanol–water partition coefficient (Wildman–Crippen LogP) is 2.85. The van der Waals surface area contributed by atoms with E-state index in [-0.39, 0.29) is 12.6 Å². The lowest BCUT2D eigenvalue weighted by Crippen LogP contribution is -2.33. The molecular weight excluding hydrogens is 214 g/mol. The molecule has 1 unspecified atom stereocenters. The summed E-state index contributed by atoms with van der Waals surface area (Å²) in [7, 11) is 0. The van der Waals surface area contributed by atoms with Crippen LogP contribution in [0, 0.1) is 6.92 Å². The van der Waals surface area contributed by atoms with E-state index in [1.54, 1.807) is 0 Å². The Morgan fingerprint density at radius 2 is 2.06 bits per heavy atom. The van der Waals surface area contributed by atoms with Crippen molar-refractivity contribution in [3.8, 4) is 0 Å². The van der Waals surface area contributed by atoms with E-state index in [9.17, 15) is 4.79 Å². The smallest absolute Gasteiger partial charge is 0.317 e. The summed E-state index contributed by atoms with van der Waals surface area (Å²) in [6.45, 7) is 7.11. The summed E-state index contributed by atoms with van der Waals surface area (Å²) in [6, 6.07) is 8.30. The van der Waals surface area contributed by atoms with Crippen LogP contribution in [-0.2, 0) is 4.79 Å². The zero-order chi connectivity index (χ0) is 12.8. The molecule has 0 aliphatic heterocycles. The second kappa shape index (κ2) is 6.40. The minimum absolute atomic E-state index is 0.101. The Morgan fingerprint density at radius 1 is 1.41 bits per heavy atom. The summed E-state index contributed by atoms with van der Waals surface area (Å²) in [5, 5.41) is 8.93. The van der Waals surface area contributed by atoms with Crippen molar-refractivity contribution in [2.24, 2.45) is 0 Å². The van der Waals surface area contributed by atoms with Crippen LogP contribution < -0.4 is 0 Å². The topological polar surface area (TPSA) is 40.5 Å². The van der Waals surface area contributed by atoms with Gasteiger partial charge in [0.25, 0.3) is 0 Å². The molecule has 1 aromatic rings. The van der Waals surface area contributed by atoms with Gasteiger partial charge in [0.05, 0.1) is 6.54 Å². The minimum atomic E-state index is -0.765. The average Bonchev–Trinajstić information content (AvgIpc) is 2.28. The highest BCUT2D eigenvalue weighted by molar-refractivity contribution is 5.69. The molecule has 3 heteroatoms. The summed E-state index contributed by atoms with van der Waals surface area (Å²) in [5.74, 6) is -0.765. The molecule has 3 nitrogen and oxygen atoms in total. The van der Waals surface area contributed by atoms with E-state index in [2.05, 4.69) is 32.9 Å². The van der Waals surface area contributed by atoms with E-state index >= 15 is 0 Å². The van der Waals surface area contributed by atoms with Crippen LogP contribution in [0.1, 0.15) is 37.4 Å². The van der Waals surface area contributed by atoms with Gasteiger partial charge in [0.15, 0.2) is 0 Å². The monoisotopic (exact) mass is 235 g/mol. The highest BCUT2D eigenvalue weighted by Gasteiger charge is 2.18. The minimum Gasteiger partial charge on any atom is -0.480 e. The van der Waals surface area contributed by atoms with Gasteiger partial charge in [-0.2, -0.15) is 0 Å². The molecule has 1 N–H and O–H groups in total. The van der Waals surface area contributed by atoms with E-state index in [4.69, 9.17) is 5.11 Å². The second-order valence-electron chi connectivity index (χ2n) is 4.40. The summed E-state index contributed by atoms with van der Waals surface area (Å²) < 4.78 is 0. The maximum atomic E-state index is 10.9. The highest BCUT2D eigenvalue weighted by Crippen LogP contribution is 2.23. The maximum Gasteiger partial charge on any atom is 0.317 e. The molecule has 0 amide bonds. The van der Waals surface area contributed by atoms with Crippen LogP contribution in [0.4, 0.5) is 0 Å². The SMILES string of the molecule is CCCN(CC(=O)O)C(C)c1ccccc1C. The molecule has 0 fully saturated rings. The van der Waals surface area contributed by atoms with Crippen molar-refractivity contribution in [3.63, 3.8) is 0 Å². The number of nitrogens with zero attached hydrogens (tertiary/aromatic N) is 1. The van der Waals surface area contributed by atoms with Crippen LogP contribution in [0.25, 0.3) is 0 Å². The number of carbonyl (C=O) groups is 1. The lowest BCUT2D eigenvalue weighted by atomic mass is 10.0. The first-order valence-corrected chi connectivity index (χ1v) is 6.07. The molecule has 0 saturated heterocycles. The van der Waals surface area contributed by atoms with Crippen LogP contribution in [0.5, 0.6) is 0 Å². The van der Waals surface area contributed by atoms with Crippen LogP contribution in [0.15, 0.2) is 24.3 Å². The molecule has 94 valence electrons. The summed E-state index contributed by atoms with van der Waals surface area (Å²) in [4.78, 5) is 12.9. The number of hydrogen-bond acceptors (Lipinski definition) is 2. The van der Waals surface area contributed by atoms with Crippen molar-refractivity contribution in [2.45, 2.75) is 33.2 Å². The molecule has 0 radical (unpaired) electrons. The Hall–Kier alpha value is -1.35. The van der Waals surface area contributed by atoms with E-state index in [0.717, 1.165) is 13.0 Å². The number of rotatable bonds is 6. The van der Waals surface area contributed by atoms with Crippen molar-refractivity contribution in [1.29, 1.82) is 0 Å². The third-order valence-corrected chi connectivity index (χ3v) is 3.04. The molecule has 0 heterocycles. The van der Waals surface area contributed by atoms with Gasteiger partial charge in [-0.05, 0) is 37.9 Å². The average molecular weight is 235 g/mol. The Kier molecular flexibility index (Phi) is 5.16. The van der Waals surface area contributed by atoms with Gasteiger partial charge in [-0.3, -0.25) is 9.69 Å². The molecule has 0 aromatic heterocycles. The Balaban J connectivity index is 2.87. The lowest BCUT2D eigenvalue weighted by molar-refractivity contribution is -0.138. The van der Waals surface area contributed by atoms with Gasteiger partial charge >= 0.3 is 5.97 Å². The quantitative estimate of drug-likeness (QED) is 0.824. The van der Waals surface area contributed by atoms with E-state index < -0.39 is 5.97 Å². The number of aliphatic carboxylic acids is 1. The van der Waals surface area contributed by atoms with Crippen LogP contribution in [0.2, 0.25) is 0 Å². The van der Waals surface area contributed by atoms with Gasteiger partial charge in [-0.1, -0.05) is 31.2 Å². The number of aryl methyl sites for hydroxylation is 1. The number of carboxylic acid groups (broad SMARTS) is 1. The van der Waals surface area contributed by atoms with Gasteiger partial charge in [-0.15, -0.1) is 0 Å². The zero-order valence-electron chi connectivity index (χ0n) is 10.8. The fourth-order valence-electron chi connectivity index (χ4n) is 2.12. The van der Waals surface area contributed by atoms with Gasteiger partial charge in [-0.25, -0.2) is 0 Å². The fraction of sp³-hybridized carbons (Fsp3) is 0.500. The molecule has 1 aromatic carbocycles. The molecule has 0 bridgehead atoms. The van der Waals surface area contributed by atoms with Crippen LogP contribution in [0.3, 0.4) is 0 Å².